The smallest absolute Gasteiger partial charge is 0.414 e. The molecule has 0 radical (unpaired) electrons. The molecule has 0 bridgehead atoms. The first-order valence-corrected chi connectivity index (χ1v) is 14.1. The number of hydrogen-bond acceptors (Lipinski definition) is 9. The fourth-order valence-corrected chi connectivity index (χ4v) is 3.87. The average Bonchev–Trinajstić information content (AvgIpc) is 2.76. The molecule has 1 aromatic rings. The van der Waals surface area contributed by atoms with Crippen molar-refractivity contribution in [1.82, 2.24) is 0 Å². The second-order valence-electron chi connectivity index (χ2n) is 9.54. The van der Waals surface area contributed by atoms with Crippen LogP contribution >= 0.6 is 0 Å². The molecule has 10 nitrogen and oxygen atoms in total. The second kappa shape index (κ2) is 12.2. The molecule has 34 heavy (non-hydrogen) atoms. The van der Waals surface area contributed by atoms with Crippen LogP contribution < -0.4 is 5.32 Å². The number of amides is 1. The van der Waals surface area contributed by atoms with Gasteiger partial charge in [-0.05, 0) is 48.7 Å². The molecule has 0 saturated carbocycles. The Balaban J connectivity index is 1.89. The highest BCUT2D eigenvalue weighted by molar-refractivity contribution is 6.72. The highest BCUT2D eigenvalue weighted by Crippen LogP contribution is 2.39. The number of aryl methyl sites for hydroxylation is 1. The van der Waals surface area contributed by atoms with E-state index in [9.17, 15) is 24.9 Å². The molecule has 1 saturated heterocycles. The van der Waals surface area contributed by atoms with Gasteiger partial charge in [0, 0.05) is 5.69 Å². The van der Waals surface area contributed by atoms with Crippen molar-refractivity contribution >= 4 is 20.1 Å². The second-order valence-corrected chi connectivity index (χ2v) is 14.0. The van der Waals surface area contributed by atoms with Crippen LogP contribution in [0.25, 0.3) is 0 Å². The third kappa shape index (κ3) is 7.85. The molecular weight excluding hydrogens is 462 g/mol. The lowest BCUT2D eigenvalue weighted by Crippen LogP contribution is -2.59. The number of carbonyl (C=O) groups excluding carboxylic acids is 1. The van der Waals surface area contributed by atoms with Crippen LogP contribution in [0.15, 0.2) is 36.9 Å². The summed E-state index contributed by atoms with van der Waals surface area (Å²) in [7, 11) is -2.28. The summed E-state index contributed by atoms with van der Waals surface area (Å²) in [5.74, 6) is 0. The van der Waals surface area contributed by atoms with Gasteiger partial charge in [-0.3, -0.25) is 5.32 Å². The minimum absolute atomic E-state index is 0.105. The molecule has 192 valence electrons. The molecule has 1 aliphatic heterocycles. The Bertz CT molecular complexity index is 797. The third-order valence-electron chi connectivity index (χ3n) is 6.29. The van der Waals surface area contributed by atoms with E-state index in [1.807, 2.05) is 25.2 Å². The molecule has 0 aromatic heterocycles. The summed E-state index contributed by atoms with van der Waals surface area (Å²) in [6.07, 6.45) is -5.19. The molecule has 5 atom stereocenters. The van der Waals surface area contributed by atoms with Crippen LogP contribution in [-0.2, 0) is 25.7 Å². The zero-order valence-electron chi connectivity index (χ0n) is 20.1. The fraction of sp³-hybridized carbons (Fsp3) is 0.609. The van der Waals surface area contributed by atoms with Crippen molar-refractivity contribution in [3.05, 3.63) is 42.5 Å². The number of aliphatic hydroxyl groups excluding tert-OH is 3. The summed E-state index contributed by atoms with van der Waals surface area (Å²) >= 11 is 0. The Labute approximate surface area is 201 Å². The molecule has 11 heteroatoms. The van der Waals surface area contributed by atoms with E-state index in [0.717, 1.165) is 18.4 Å². The third-order valence-corrected chi connectivity index (χ3v) is 9.85. The first-order chi connectivity index (χ1) is 15.9. The molecule has 1 amide bonds. The largest absolute Gasteiger partial charge is 0.432 e. The molecule has 1 heterocycles. The quantitative estimate of drug-likeness (QED) is 0.101. The molecule has 2 rings (SSSR count). The molecule has 1 fully saturated rings. The number of nitrogens with one attached hydrogen (secondary N) is 1. The Morgan fingerprint density at radius 2 is 1.79 bits per heavy atom. The van der Waals surface area contributed by atoms with E-state index in [1.54, 1.807) is 12.1 Å². The van der Waals surface area contributed by atoms with Gasteiger partial charge in [0.15, 0.2) is 8.32 Å². The number of aliphatic hydroxyl groups is 3. The van der Waals surface area contributed by atoms with E-state index >= 15 is 0 Å². The lowest BCUT2D eigenvalue weighted by molar-refractivity contribution is -0.338. The first kappa shape index (κ1) is 28.4. The minimum Gasteiger partial charge on any atom is -0.432 e. The molecule has 0 aliphatic carbocycles. The number of benzene rings is 1. The van der Waals surface area contributed by atoms with Gasteiger partial charge in [0.05, 0.1) is 0 Å². The SMILES string of the molecule is C=CCOOCC1OC(OC(=O)Nc2ccc(CCC(C)(C)[Si](C)(C)O)cc2)C(O)C(O)C1O. The van der Waals surface area contributed by atoms with Gasteiger partial charge in [0.2, 0.25) is 6.29 Å². The van der Waals surface area contributed by atoms with Crippen molar-refractivity contribution in [3.8, 4) is 0 Å². The summed E-state index contributed by atoms with van der Waals surface area (Å²) < 4.78 is 10.5. The van der Waals surface area contributed by atoms with Crippen LogP contribution in [0.2, 0.25) is 18.1 Å². The Morgan fingerprint density at radius 1 is 1.15 bits per heavy atom. The Hall–Kier alpha value is -1.83. The van der Waals surface area contributed by atoms with Gasteiger partial charge in [-0.15, -0.1) is 6.58 Å². The fourth-order valence-electron chi connectivity index (χ4n) is 3.13. The summed E-state index contributed by atoms with van der Waals surface area (Å²) in [6.45, 7) is 11.3. The number of hydrogen-bond donors (Lipinski definition) is 5. The van der Waals surface area contributed by atoms with E-state index in [4.69, 9.17) is 19.2 Å². The predicted molar refractivity (Wildman–Crippen MR) is 127 cm³/mol. The summed E-state index contributed by atoms with van der Waals surface area (Å²) in [6, 6.07) is 7.19. The van der Waals surface area contributed by atoms with E-state index in [2.05, 4.69) is 25.7 Å². The van der Waals surface area contributed by atoms with E-state index in [-0.39, 0.29) is 18.3 Å². The number of anilines is 1. The van der Waals surface area contributed by atoms with Crippen molar-refractivity contribution < 1.29 is 44.2 Å². The topological polar surface area (TPSA) is 147 Å². The average molecular weight is 500 g/mol. The van der Waals surface area contributed by atoms with Crippen LogP contribution in [-0.4, -0.2) is 78.4 Å². The van der Waals surface area contributed by atoms with Crippen molar-refractivity contribution in [2.45, 2.75) is 75.5 Å². The van der Waals surface area contributed by atoms with Crippen molar-refractivity contribution in [1.29, 1.82) is 0 Å². The first-order valence-electron chi connectivity index (χ1n) is 11.2. The highest BCUT2D eigenvalue weighted by atomic mass is 28.4. The summed E-state index contributed by atoms with van der Waals surface area (Å²) in [4.78, 5) is 32.4. The summed E-state index contributed by atoms with van der Waals surface area (Å²) in [5.41, 5.74) is 1.53. The summed E-state index contributed by atoms with van der Waals surface area (Å²) in [5, 5.41) is 32.7. The van der Waals surface area contributed by atoms with E-state index < -0.39 is 45.1 Å². The molecule has 5 N–H and O–H groups in total. The minimum atomic E-state index is -2.28. The van der Waals surface area contributed by atoms with E-state index in [0.29, 0.717) is 5.69 Å². The predicted octanol–water partition coefficient (Wildman–Crippen LogP) is 2.09. The van der Waals surface area contributed by atoms with Gasteiger partial charge in [-0.25, -0.2) is 14.6 Å². The van der Waals surface area contributed by atoms with Gasteiger partial charge >= 0.3 is 6.09 Å². The Kier molecular flexibility index (Phi) is 10.2. The van der Waals surface area contributed by atoms with Gasteiger partial charge in [0.1, 0.15) is 37.6 Å². The van der Waals surface area contributed by atoms with Crippen LogP contribution in [0.5, 0.6) is 0 Å². The zero-order chi connectivity index (χ0) is 25.5. The highest BCUT2D eigenvalue weighted by Gasteiger charge is 2.46. The zero-order valence-corrected chi connectivity index (χ0v) is 21.1. The monoisotopic (exact) mass is 499 g/mol. The van der Waals surface area contributed by atoms with Crippen molar-refractivity contribution in [3.63, 3.8) is 0 Å². The van der Waals surface area contributed by atoms with Gasteiger partial charge in [-0.1, -0.05) is 32.1 Å². The van der Waals surface area contributed by atoms with E-state index in [1.165, 1.54) is 6.08 Å². The van der Waals surface area contributed by atoms with Crippen LogP contribution in [0.4, 0.5) is 10.5 Å². The molecule has 1 aliphatic rings. The van der Waals surface area contributed by atoms with Crippen molar-refractivity contribution in [2.75, 3.05) is 18.5 Å². The Morgan fingerprint density at radius 3 is 2.38 bits per heavy atom. The van der Waals surface area contributed by atoms with Crippen LogP contribution in [0.3, 0.4) is 0 Å². The molecular formula is C23H37NO9Si. The normalized spacial score (nSPS) is 25.6. The number of rotatable bonds is 11. The van der Waals surface area contributed by atoms with Gasteiger partial charge < -0.3 is 29.6 Å². The molecule has 0 spiro atoms. The maximum atomic E-state index is 12.3. The maximum absolute atomic E-state index is 12.3. The molecule has 1 aromatic carbocycles. The lowest BCUT2D eigenvalue weighted by Gasteiger charge is -2.39. The van der Waals surface area contributed by atoms with Gasteiger partial charge in [0.25, 0.3) is 0 Å². The van der Waals surface area contributed by atoms with Crippen molar-refractivity contribution in [2.24, 2.45) is 0 Å². The van der Waals surface area contributed by atoms with Crippen LogP contribution in [0, 0.1) is 0 Å². The lowest BCUT2D eigenvalue weighted by atomic mass is 9.99. The van der Waals surface area contributed by atoms with Crippen LogP contribution in [0.1, 0.15) is 25.8 Å². The van der Waals surface area contributed by atoms with Gasteiger partial charge in [-0.2, -0.15) is 0 Å². The standard InChI is InChI=1S/C23H37NO9Si/c1-6-13-30-31-14-17-18(25)19(26)20(27)21(32-17)33-22(28)24-16-9-7-15(8-10-16)11-12-23(2,3)34(4,5)29/h6-10,17-21,25-27,29H,1,11-14H2,2-5H3,(H,24,28). The number of carbonyl (C=O) groups is 1. The molecule has 5 unspecified atom stereocenters. The maximum Gasteiger partial charge on any atom is 0.414 e. The number of ether oxygens (including phenoxy) is 2.